The van der Waals surface area contributed by atoms with Crippen LogP contribution < -0.4 is 0 Å². The first-order valence-electron chi connectivity index (χ1n) is 6.21. The van der Waals surface area contributed by atoms with Crippen molar-refractivity contribution in [2.24, 2.45) is 0 Å². The summed E-state index contributed by atoms with van der Waals surface area (Å²) in [6.07, 6.45) is 0. The molecule has 100 valence electrons. The number of benzene rings is 1. The highest BCUT2D eigenvalue weighted by atomic mass is 16.5. The van der Waals surface area contributed by atoms with Crippen LogP contribution in [0.4, 0.5) is 0 Å². The molecule has 0 N–H and O–H groups in total. The number of esters is 1. The van der Waals surface area contributed by atoms with Gasteiger partial charge in [-0.1, -0.05) is 30.3 Å². The Kier molecular flexibility index (Phi) is 2.95. The van der Waals surface area contributed by atoms with Gasteiger partial charge in [-0.3, -0.25) is 0 Å². The van der Waals surface area contributed by atoms with Gasteiger partial charge in [-0.15, -0.1) is 5.10 Å². The van der Waals surface area contributed by atoms with Crippen LogP contribution in [0.25, 0.3) is 17.0 Å². The number of rotatable bonds is 2. The molecular formula is C15H13N3O2. The van der Waals surface area contributed by atoms with E-state index >= 15 is 0 Å². The van der Waals surface area contributed by atoms with Gasteiger partial charge in [0.05, 0.1) is 7.11 Å². The highest BCUT2D eigenvalue weighted by molar-refractivity contribution is 5.96. The van der Waals surface area contributed by atoms with Gasteiger partial charge < -0.3 is 4.74 Å². The quantitative estimate of drug-likeness (QED) is 0.669. The third-order valence-corrected chi connectivity index (χ3v) is 3.11. The Balaban J connectivity index is 2.24. The van der Waals surface area contributed by atoms with Crippen LogP contribution >= 0.6 is 0 Å². The fraction of sp³-hybridized carbons (Fsp3) is 0.133. The van der Waals surface area contributed by atoms with E-state index in [0.29, 0.717) is 17.0 Å². The number of hydrogen-bond donors (Lipinski definition) is 0. The zero-order valence-electron chi connectivity index (χ0n) is 11.2. The molecule has 0 bridgehead atoms. The maximum atomic E-state index is 11.8. The van der Waals surface area contributed by atoms with Crippen molar-refractivity contribution in [3.05, 3.63) is 53.7 Å². The normalized spacial score (nSPS) is 10.7. The van der Waals surface area contributed by atoms with E-state index in [1.165, 1.54) is 7.11 Å². The first-order valence-corrected chi connectivity index (χ1v) is 6.21. The number of ether oxygens (including phenoxy) is 1. The molecule has 3 aromatic rings. The van der Waals surface area contributed by atoms with Crippen LogP contribution in [-0.4, -0.2) is 27.7 Å². The summed E-state index contributed by atoms with van der Waals surface area (Å²) < 4.78 is 6.44. The van der Waals surface area contributed by atoms with Crippen LogP contribution in [-0.2, 0) is 4.74 Å². The maximum absolute atomic E-state index is 11.8. The number of methoxy groups -OCH3 is 1. The molecule has 0 aliphatic carbocycles. The molecular weight excluding hydrogens is 254 g/mol. The molecule has 0 aliphatic rings. The second-order valence-corrected chi connectivity index (χ2v) is 4.42. The summed E-state index contributed by atoms with van der Waals surface area (Å²) in [6.45, 7) is 1.91. The second kappa shape index (κ2) is 4.77. The Bertz CT molecular complexity index is 778. The standard InChI is InChI=1S/C15H13N3O2/c1-10-8-9-12(15(19)20-2)14-16-13(17-18(10)14)11-6-4-3-5-7-11/h3-9H,1-2H3. The van der Waals surface area contributed by atoms with Crippen molar-refractivity contribution in [3.63, 3.8) is 0 Å². The van der Waals surface area contributed by atoms with Crippen LogP contribution in [0, 0.1) is 6.92 Å². The number of pyridine rings is 1. The number of aryl methyl sites for hydroxylation is 1. The van der Waals surface area contributed by atoms with Crippen LogP contribution in [0.15, 0.2) is 42.5 Å². The number of aromatic nitrogens is 3. The molecule has 0 fully saturated rings. The Morgan fingerprint density at radius 3 is 2.60 bits per heavy atom. The molecule has 3 rings (SSSR count). The van der Waals surface area contributed by atoms with E-state index in [9.17, 15) is 4.79 Å². The molecule has 2 aromatic heterocycles. The number of carbonyl (C=O) groups excluding carboxylic acids is 1. The average Bonchev–Trinajstić information content (AvgIpc) is 2.94. The number of hydrogen-bond acceptors (Lipinski definition) is 4. The lowest BCUT2D eigenvalue weighted by Gasteiger charge is -2.02. The van der Waals surface area contributed by atoms with E-state index in [0.717, 1.165) is 11.3 Å². The molecule has 0 saturated carbocycles. The van der Waals surface area contributed by atoms with Gasteiger partial charge in [-0.05, 0) is 19.1 Å². The summed E-state index contributed by atoms with van der Waals surface area (Å²) in [7, 11) is 1.35. The molecule has 0 radical (unpaired) electrons. The molecule has 0 aliphatic heterocycles. The zero-order chi connectivity index (χ0) is 14.1. The van der Waals surface area contributed by atoms with E-state index in [1.807, 2.05) is 43.3 Å². The first kappa shape index (κ1) is 12.3. The second-order valence-electron chi connectivity index (χ2n) is 4.42. The van der Waals surface area contributed by atoms with Gasteiger partial charge in [0, 0.05) is 11.3 Å². The molecule has 20 heavy (non-hydrogen) atoms. The van der Waals surface area contributed by atoms with Crippen LogP contribution in [0.5, 0.6) is 0 Å². The molecule has 0 amide bonds. The maximum Gasteiger partial charge on any atom is 0.341 e. The Labute approximate surface area is 115 Å². The highest BCUT2D eigenvalue weighted by Crippen LogP contribution is 2.19. The fourth-order valence-electron chi connectivity index (χ4n) is 2.06. The summed E-state index contributed by atoms with van der Waals surface area (Å²) in [4.78, 5) is 16.2. The van der Waals surface area contributed by atoms with E-state index in [-0.39, 0.29) is 0 Å². The van der Waals surface area contributed by atoms with Crippen molar-refractivity contribution in [2.45, 2.75) is 6.92 Å². The lowest BCUT2D eigenvalue weighted by molar-refractivity contribution is 0.0602. The van der Waals surface area contributed by atoms with Gasteiger partial charge in [-0.25, -0.2) is 14.3 Å². The minimum Gasteiger partial charge on any atom is -0.465 e. The van der Waals surface area contributed by atoms with Gasteiger partial charge in [0.1, 0.15) is 5.56 Å². The Hall–Kier alpha value is -2.69. The Morgan fingerprint density at radius 1 is 1.15 bits per heavy atom. The van der Waals surface area contributed by atoms with Crippen molar-refractivity contribution in [1.29, 1.82) is 0 Å². The minimum atomic E-state index is -0.415. The van der Waals surface area contributed by atoms with E-state index < -0.39 is 5.97 Å². The monoisotopic (exact) mass is 267 g/mol. The summed E-state index contributed by atoms with van der Waals surface area (Å²) >= 11 is 0. The summed E-state index contributed by atoms with van der Waals surface area (Å²) in [5, 5.41) is 4.46. The predicted molar refractivity (Wildman–Crippen MR) is 74.5 cm³/mol. The summed E-state index contributed by atoms with van der Waals surface area (Å²) in [6, 6.07) is 13.2. The van der Waals surface area contributed by atoms with Crippen LogP contribution in [0.3, 0.4) is 0 Å². The lowest BCUT2D eigenvalue weighted by Crippen LogP contribution is -2.06. The molecule has 5 heteroatoms. The zero-order valence-corrected chi connectivity index (χ0v) is 11.2. The van der Waals surface area contributed by atoms with Crippen molar-refractivity contribution >= 4 is 11.6 Å². The summed E-state index contributed by atoms with van der Waals surface area (Å²) in [5.74, 6) is 0.173. The molecule has 5 nitrogen and oxygen atoms in total. The number of carbonyl (C=O) groups is 1. The van der Waals surface area contributed by atoms with Gasteiger partial charge in [-0.2, -0.15) is 0 Å². The van der Waals surface area contributed by atoms with Crippen LogP contribution in [0.1, 0.15) is 16.1 Å². The van der Waals surface area contributed by atoms with Crippen LogP contribution in [0.2, 0.25) is 0 Å². The van der Waals surface area contributed by atoms with Crippen molar-refractivity contribution < 1.29 is 9.53 Å². The number of fused-ring (bicyclic) bond motifs is 1. The third-order valence-electron chi connectivity index (χ3n) is 3.11. The van der Waals surface area contributed by atoms with E-state index in [1.54, 1.807) is 10.6 Å². The molecule has 0 atom stereocenters. The third kappa shape index (κ3) is 1.93. The lowest BCUT2D eigenvalue weighted by atomic mass is 10.2. The SMILES string of the molecule is COC(=O)c1ccc(C)n2nc(-c3ccccc3)nc12. The molecule has 2 heterocycles. The van der Waals surface area contributed by atoms with Gasteiger partial charge in [0.15, 0.2) is 11.5 Å². The average molecular weight is 267 g/mol. The van der Waals surface area contributed by atoms with Gasteiger partial charge in [0.2, 0.25) is 0 Å². The molecule has 0 spiro atoms. The molecule has 1 aromatic carbocycles. The topological polar surface area (TPSA) is 56.5 Å². The van der Waals surface area contributed by atoms with Crippen molar-refractivity contribution in [1.82, 2.24) is 14.6 Å². The largest absolute Gasteiger partial charge is 0.465 e. The fourth-order valence-corrected chi connectivity index (χ4v) is 2.06. The molecule has 0 unspecified atom stereocenters. The smallest absolute Gasteiger partial charge is 0.341 e. The summed E-state index contributed by atoms with van der Waals surface area (Å²) in [5.41, 5.74) is 2.73. The van der Waals surface area contributed by atoms with E-state index in [4.69, 9.17) is 4.74 Å². The first-order chi connectivity index (χ1) is 9.70. The van der Waals surface area contributed by atoms with E-state index in [2.05, 4.69) is 10.1 Å². The molecule has 0 saturated heterocycles. The van der Waals surface area contributed by atoms with Crippen molar-refractivity contribution in [2.75, 3.05) is 7.11 Å². The van der Waals surface area contributed by atoms with Gasteiger partial charge >= 0.3 is 5.97 Å². The minimum absolute atomic E-state index is 0.410. The van der Waals surface area contributed by atoms with Crippen molar-refractivity contribution in [3.8, 4) is 11.4 Å². The highest BCUT2D eigenvalue weighted by Gasteiger charge is 2.16. The Morgan fingerprint density at radius 2 is 1.90 bits per heavy atom. The number of nitrogens with zero attached hydrogens (tertiary/aromatic N) is 3. The predicted octanol–water partition coefficient (Wildman–Crippen LogP) is 2.49. The van der Waals surface area contributed by atoms with Gasteiger partial charge in [0.25, 0.3) is 0 Å².